The van der Waals surface area contributed by atoms with Gasteiger partial charge in [-0.05, 0) is 35.4 Å². The van der Waals surface area contributed by atoms with E-state index in [0.29, 0.717) is 34.8 Å². The van der Waals surface area contributed by atoms with Crippen LogP contribution >= 0.6 is 23.2 Å². The number of aromatic nitrogens is 2. The van der Waals surface area contributed by atoms with Crippen molar-refractivity contribution in [2.24, 2.45) is 0 Å². The van der Waals surface area contributed by atoms with E-state index in [1.54, 1.807) is 37.2 Å². The van der Waals surface area contributed by atoms with Crippen molar-refractivity contribution in [2.45, 2.75) is 25.8 Å². The number of hydrogen-bond acceptors (Lipinski definition) is 7. The minimum atomic E-state index is -0.351. The number of para-hydroxylation sites is 1. The molecular formula is C27H28Cl2N6O3. The first-order chi connectivity index (χ1) is 18.0. The first-order valence-corrected chi connectivity index (χ1v) is 12.9. The monoisotopic (exact) mass is 554 g/mol. The predicted molar refractivity (Wildman–Crippen MR) is 148 cm³/mol. The summed E-state index contributed by atoms with van der Waals surface area (Å²) in [5.74, 6) is 0.205. The molecule has 0 fully saturated rings. The average Bonchev–Trinajstić information content (AvgIpc) is 2.84. The Morgan fingerprint density at radius 2 is 1.92 bits per heavy atom. The van der Waals surface area contributed by atoms with Gasteiger partial charge in [0.1, 0.15) is 5.56 Å². The summed E-state index contributed by atoms with van der Waals surface area (Å²) >= 11 is 12.6. The van der Waals surface area contributed by atoms with Crippen LogP contribution in [0.4, 0.5) is 17.3 Å². The number of hydrogen-bond donors (Lipinski definition) is 1. The largest absolute Gasteiger partial charge is 0.455 e. The Morgan fingerprint density at radius 1 is 1.18 bits per heavy atom. The Labute approximate surface area is 231 Å². The van der Waals surface area contributed by atoms with Gasteiger partial charge in [-0.15, -0.1) is 0 Å². The molecule has 0 aliphatic carbocycles. The molecular weight excluding hydrogens is 527 g/mol. The minimum absolute atomic E-state index is 0.0749. The third kappa shape index (κ3) is 5.01. The summed E-state index contributed by atoms with van der Waals surface area (Å²) in [7, 11) is 3.54. The fraction of sp³-hybridized carbons (Fsp3) is 0.333. The molecule has 3 heterocycles. The van der Waals surface area contributed by atoms with Crippen molar-refractivity contribution in [1.82, 2.24) is 19.8 Å². The normalized spacial score (nSPS) is 16.4. The molecule has 0 atom stereocenters. The predicted octanol–water partition coefficient (Wildman–Crippen LogP) is 4.71. The summed E-state index contributed by atoms with van der Waals surface area (Å²) in [6, 6.07) is 11.2. The first kappa shape index (κ1) is 26.2. The molecule has 11 heteroatoms. The maximum Gasteiger partial charge on any atom is 0.268 e. The Hall–Kier alpha value is -3.40. The molecule has 2 aliphatic rings. The van der Waals surface area contributed by atoms with Crippen molar-refractivity contribution in [3.8, 4) is 5.88 Å². The average molecular weight is 555 g/mol. The summed E-state index contributed by atoms with van der Waals surface area (Å²) in [5.41, 5.74) is 3.67. The summed E-state index contributed by atoms with van der Waals surface area (Å²) in [6.45, 7) is 6.11. The van der Waals surface area contributed by atoms with Gasteiger partial charge < -0.3 is 15.0 Å². The van der Waals surface area contributed by atoms with E-state index in [0.717, 1.165) is 17.8 Å². The number of anilines is 3. The van der Waals surface area contributed by atoms with Gasteiger partial charge >= 0.3 is 0 Å². The molecule has 2 aliphatic heterocycles. The minimum Gasteiger partial charge on any atom is -0.455 e. The van der Waals surface area contributed by atoms with Crippen LogP contribution in [0.3, 0.4) is 0 Å². The van der Waals surface area contributed by atoms with Gasteiger partial charge in [0.2, 0.25) is 17.7 Å². The van der Waals surface area contributed by atoms with Crippen LogP contribution in [-0.2, 0) is 16.8 Å². The number of ether oxygens (including phenoxy) is 1. The van der Waals surface area contributed by atoms with Gasteiger partial charge in [0.25, 0.3) is 5.91 Å². The van der Waals surface area contributed by atoms with E-state index in [1.165, 1.54) is 16.7 Å². The molecule has 5 rings (SSSR count). The van der Waals surface area contributed by atoms with E-state index in [1.807, 2.05) is 6.07 Å². The number of carbonyl (C=O) groups excluding carboxylic acids is 2. The van der Waals surface area contributed by atoms with E-state index in [2.05, 4.69) is 46.2 Å². The van der Waals surface area contributed by atoms with Crippen LogP contribution in [0.25, 0.3) is 0 Å². The van der Waals surface area contributed by atoms with Crippen LogP contribution in [0, 0.1) is 0 Å². The number of carbonyl (C=O) groups is 2. The molecule has 2 amide bonds. The zero-order valence-electron chi connectivity index (χ0n) is 21.6. The summed E-state index contributed by atoms with van der Waals surface area (Å²) < 4.78 is 5.79. The number of nitrogens with zero attached hydrogens (tertiary/aromatic N) is 5. The lowest BCUT2D eigenvalue weighted by molar-refractivity contribution is -0.130. The first-order valence-electron chi connectivity index (χ1n) is 12.1. The Balaban J connectivity index is 1.36. The standard InChI is InChI=1S/C27H28Cl2N6O3/c1-27(2)14-34(13-22(36)33(3)4)12-16-10-17(8-9-19(16)27)31-26-30-11-18-24(32-26)38-15-35(25(18)37)23-20(28)6-5-7-21(23)29/h5-11H,12-15H2,1-4H3,(H,30,31,32). The number of rotatable bonds is 5. The van der Waals surface area contributed by atoms with Gasteiger partial charge in [0, 0.05) is 44.5 Å². The number of fused-ring (bicyclic) bond motifs is 2. The molecule has 38 heavy (non-hydrogen) atoms. The number of nitrogens with one attached hydrogen (secondary N) is 1. The zero-order valence-corrected chi connectivity index (χ0v) is 23.1. The molecule has 0 saturated carbocycles. The zero-order chi connectivity index (χ0) is 27.2. The number of benzene rings is 2. The second-order valence-corrected chi connectivity index (χ2v) is 11.1. The molecule has 1 aromatic heterocycles. The highest BCUT2D eigenvalue weighted by atomic mass is 35.5. The molecule has 0 radical (unpaired) electrons. The highest BCUT2D eigenvalue weighted by molar-refractivity contribution is 6.40. The highest BCUT2D eigenvalue weighted by Crippen LogP contribution is 2.38. The Morgan fingerprint density at radius 3 is 2.63 bits per heavy atom. The molecule has 1 N–H and O–H groups in total. The molecule has 9 nitrogen and oxygen atoms in total. The van der Waals surface area contributed by atoms with Gasteiger partial charge in [-0.25, -0.2) is 4.98 Å². The van der Waals surface area contributed by atoms with Gasteiger partial charge in [0.05, 0.1) is 22.3 Å². The van der Waals surface area contributed by atoms with Gasteiger partial charge in [-0.1, -0.05) is 49.2 Å². The maximum atomic E-state index is 13.2. The fourth-order valence-electron chi connectivity index (χ4n) is 4.90. The van der Waals surface area contributed by atoms with E-state index in [9.17, 15) is 9.59 Å². The van der Waals surface area contributed by atoms with Crippen molar-refractivity contribution in [2.75, 3.05) is 44.1 Å². The van der Waals surface area contributed by atoms with Gasteiger partial charge in [0.15, 0.2) is 6.73 Å². The van der Waals surface area contributed by atoms with Crippen LogP contribution in [0.2, 0.25) is 10.0 Å². The maximum absolute atomic E-state index is 13.2. The van der Waals surface area contributed by atoms with Crippen molar-refractivity contribution < 1.29 is 14.3 Å². The van der Waals surface area contributed by atoms with E-state index in [-0.39, 0.29) is 35.4 Å². The lowest BCUT2D eigenvalue weighted by Gasteiger charge is -2.40. The van der Waals surface area contributed by atoms with E-state index < -0.39 is 0 Å². The summed E-state index contributed by atoms with van der Waals surface area (Å²) in [6.07, 6.45) is 1.43. The molecule has 2 aromatic carbocycles. The lowest BCUT2D eigenvalue weighted by Crippen LogP contribution is -2.46. The van der Waals surface area contributed by atoms with Crippen LogP contribution in [0.1, 0.15) is 35.3 Å². The van der Waals surface area contributed by atoms with Gasteiger partial charge in [-0.2, -0.15) is 4.98 Å². The fourth-order valence-corrected chi connectivity index (χ4v) is 5.50. The molecule has 0 bridgehead atoms. The molecule has 0 unspecified atom stereocenters. The molecule has 3 aromatic rings. The Bertz CT molecular complexity index is 1410. The van der Waals surface area contributed by atoms with Crippen molar-refractivity contribution in [1.29, 1.82) is 0 Å². The van der Waals surface area contributed by atoms with Crippen LogP contribution in [0.15, 0.2) is 42.6 Å². The SMILES string of the molecule is CN(C)C(=O)CN1Cc2cc(Nc3ncc4c(n3)OCN(c3c(Cl)cccc3Cl)C4=O)ccc2C(C)(C)C1. The molecule has 0 saturated heterocycles. The third-order valence-corrected chi connectivity index (χ3v) is 7.34. The van der Waals surface area contributed by atoms with Crippen LogP contribution in [0.5, 0.6) is 5.88 Å². The van der Waals surface area contributed by atoms with Gasteiger partial charge in [-0.3, -0.25) is 19.4 Å². The quantitative estimate of drug-likeness (QED) is 0.488. The Kier molecular flexibility index (Phi) is 6.94. The second-order valence-electron chi connectivity index (χ2n) is 10.3. The van der Waals surface area contributed by atoms with Crippen molar-refractivity contribution in [3.63, 3.8) is 0 Å². The summed E-state index contributed by atoms with van der Waals surface area (Å²) in [5, 5.41) is 3.91. The number of amides is 2. The van der Waals surface area contributed by atoms with E-state index in [4.69, 9.17) is 27.9 Å². The number of halogens is 2. The van der Waals surface area contributed by atoms with E-state index >= 15 is 0 Å². The third-order valence-electron chi connectivity index (χ3n) is 6.73. The van der Waals surface area contributed by atoms with Crippen molar-refractivity contribution >= 4 is 52.3 Å². The number of likely N-dealkylation sites (N-methyl/N-ethyl adjacent to an activating group) is 1. The summed E-state index contributed by atoms with van der Waals surface area (Å²) in [4.78, 5) is 39.4. The smallest absolute Gasteiger partial charge is 0.268 e. The molecule has 198 valence electrons. The highest BCUT2D eigenvalue weighted by Gasteiger charge is 2.33. The lowest BCUT2D eigenvalue weighted by atomic mass is 9.78. The molecule has 0 spiro atoms. The van der Waals surface area contributed by atoms with Crippen molar-refractivity contribution in [3.05, 3.63) is 69.3 Å². The van der Waals surface area contributed by atoms with Crippen LogP contribution in [-0.4, -0.2) is 65.5 Å². The second kappa shape index (κ2) is 10.1. The topological polar surface area (TPSA) is 90.9 Å². The van der Waals surface area contributed by atoms with Crippen LogP contribution < -0.4 is 15.0 Å².